The maximum atomic E-state index is 12.2. The quantitative estimate of drug-likeness (QED) is 0.758. The van der Waals surface area contributed by atoms with Gasteiger partial charge < -0.3 is 9.88 Å². The molecule has 4 nitrogen and oxygen atoms in total. The van der Waals surface area contributed by atoms with Crippen molar-refractivity contribution in [2.75, 3.05) is 0 Å². The number of hydrogen-bond acceptors (Lipinski definition) is 3. The molecule has 0 aliphatic carbocycles. The zero-order chi connectivity index (χ0) is 17.4. The lowest BCUT2D eigenvalue weighted by Gasteiger charge is -1.99. The molecule has 3 rings (SSSR count). The van der Waals surface area contributed by atoms with E-state index in [0.717, 1.165) is 17.0 Å². The standard InChI is InChI=1S/C17H15Cl2N3OS/c1-9-6-11(10(2)22(9)3)7-15-16(23)21-17(24-15)20-12-4-5-13(18)14(19)8-12/h4-8H,1-3H3,(H,20,21,23)/b15-7-. The van der Waals surface area contributed by atoms with Crippen molar-refractivity contribution in [1.82, 2.24) is 9.88 Å². The average molecular weight is 380 g/mol. The molecule has 1 aromatic heterocycles. The van der Waals surface area contributed by atoms with E-state index in [1.54, 1.807) is 18.2 Å². The molecule has 0 spiro atoms. The second-order valence-electron chi connectivity index (χ2n) is 5.47. The highest BCUT2D eigenvalue weighted by Gasteiger charge is 2.24. The second kappa shape index (κ2) is 6.67. The molecule has 0 radical (unpaired) electrons. The molecule has 1 amide bonds. The summed E-state index contributed by atoms with van der Waals surface area (Å²) in [5.41, 5.74) is 3.93. The normalized spacial score (nSPS) is 17.8. The fourth-order valence-corrected chi connectivity index (χ4v) is 3.45. The summed E-state index contributed by atoms with van der Waals surface area (Å²) < 4.78 is 2.09. The number of nitrogens with zero attached hydrogens (tertiary/aromatic N) is 2. The van der Waals surface area contributed by atoms with E-state index in [2.05, 4.69) is 20.9 Å². The Morgan fingerprint density at radius 2 is 1.96 bits per heavy atom. The van der Waals surface area contributed by atoms with Crippen LogP contribution in [-0.2, 0) is 11.8 Å². The van der Waals surface area contributed by atoms with Crippen LogP contribution >= 0.6 is 35.0 Å². The van der Waals surface area contributed by atoms with Gasteiger partial charge in [-0.25, -0.2) is 4.99 Å². The first-order chi connectivity index (χ1) is 11.3. The van der Waals surface area contributed by atoms with E-state index in [-0.39, 0.29) is 5.91 Å². The molecular formula is C17H15Cl2N3OS. The molecule has 2 heterocycles. The fourth-order valence-electron chi connectivity index (χ4n) is 2.32. The first kappa shape index (κ1) is 17.1. The SMILES string of the molecule is Cc1cc(/C=C2\SC(=Nc3ccc(Cl)c(Cl)c3)NC2=O)c(C)n1C. The minimum Gasteiger partial charge on any atom is -0.352 e. The molecule has 1 fully saturated rings. The fraction of sp³-hybridized carbons (Fsp3) is 0.176. The van der Waals surface area contributed by atoms with Crippen LogP contribution in [0.2, 0.25) is 10.0 Å². The van der Waals surface area contributed by atoms with Crippen LogP contribution in [0.3, 0.4) is 0 Å². The molecule has 0 atom stereocenters. The molecule has 2 aromatic rings. The molecule has 1 aliphatic heterocycles. The van der Waals surface area contributed by atoms with Gasteiger partial charge in [-0.05, 0) is 61.5 Å². The average Bonchev–Trinajstić information content (AvgIpc) is 2.98. The van der Waals surface area contributed by atoms with E-state index >= 15 is 0 Å². The predicted octanol–water partition coefficient (Wildman–Crippen LogP) is 4.84. The summed E-state index contributed by atoms with van der Waals surface area (Å²) >= 11 is 13.2. The highest BCUT2D eigenvalue weighted by Crippen LogP contribution is 2.31. The van der Waals surface area contributed by atoms with E-state index < -0.39 is 0 Å². The van der Waals surface area contributed by atoms with Crippen LogP contribution in [0.1, 0.15) is 17.0 Å². The van der Waals surface area contributed by atoms with Gasteiger partial charge in [0.25, 0.3) is 5.91 Å². The topological polar surface area (TPSA) is 46.4 Å². The van der Waals surface area contributed by atoms with E-state index in [0.29, 0.717) is 25.8 Å². The maximum Gasteiger partial charge on any atom is 0.264 e. The number of thioether (sulfide) groups is 1. The van der Waals surface area contributed by atoms with Gasteiger partial charge in [0.1, 0.15) is 0 Å². The Bertz CT molecular complexity index is 899. The highest BCUT2D eigenvalue weighted by atomic mass is 35.5. The molecule has 7 heteroatoms. The number of aryl methyl sites for hydroxylation is 1. The van der Waals surface area contributed by atoms with Gasteiger partial charge in [-0.2, -0.15) is 0 Å². The van der Waals surface area contributed by atoms with E-state index in [1.165, 1.54) is 11.8 Å². The van der Waals surface area contributed by atoms with Gasteiger partial charge in [-0.15, -0.1) is 0 Å². The molecule has 0 saturated carbocycles. The minimum absolute atomic E-state index is 0.153. The number of nitrogens with one attached hydrogen (secondary N) is 1. The summed E-state index contributed by atoms with van der Waals surface area (Å²) in [5.74, 6) is -0.153. The Morgan fingerprint density at radius 3 is 2.58 bits per heavy atom. The van der Waals surface area contributed by atoms with Crippen LogP contribution in [0.15, 0.2) is 34.2 Å². The lowest BCUT2D eigenvalue weighted by molar-refractivity contribution is -0.115. The van der Waals surface area contributed by atoms with Crippen molar-refractivity contribution in [3.8, 4) is 0 Å². The number of aromatic nitrogens is 1. The number of carbonyl (C=O) groups is 1. The van der Waals surface area contributed by atoms with Gasteiger partial charge >= 0.3 is 0 Å². The lowest BCUT2D eigenvalue weighted by Crippen LogP contribution is -2.19. The van der Waals surface area contributed by atoms with Crippen molar-refractivity contribution in [1.29, 1.82) is 0 Å². The van der Waals surface area contributed by atoms with Crippen LogP contribution in [0.25, 0.3) is 6.08 Å². The van der Waals surface area contributed by atoms with Crippen LogP contribution in [0.4, 0.5) is 5.69 Å². The minimum atomic E-state index is -0.153. The van der Waals surface area contributed by atoms with Crippen LogP contribution in [0.5, 0.6) is 0 Å². The summed E-state index contributed by atoms with van der Waals surface area (Å²) in [5, 5.41) is 4.19. The lowest BCUT2D eigenvalue weighted by atomic mass is 10.2. The zero-order valence-electron chi connectivity index (χ0n) is 13.4. The van der Waals surface area contributed by atoms with Gasteiger partial charge in [-0.3, -0.25) is 4.79 Å². The number of rotatable bonds is 2. The summed E-state index contributed by atoms with van der Waals surface area (Å²) in [4.78, 5) is 17.2. The number of hydrogen-bond donors (Lipinski definition) is 1. The van der Waals surface area contributed by atoms with Gasteiger partial charge in [0.15, 0.2) is 5.17 Å². The number of benzene rings is 1. The van der Waals surface area contributed by atoms with Gasteiger partial charge in [-0.1, -0.05) is 23.2 Å². The van der Waals surface area contributed by atoms with Crippen LogP contribution in [-0.4, -0.2) is 15.6 Å². The third-order valence-corrected chi connectivity index (χ3v) is 5.53. The second-order valence-corrected chi connectivity index (χ2v) is 7.31. The Balaban J connectivity index is 1.87. The van der Waals surface area contributed by atoms with Gasteiger partial charge in [0.2, 0.25) is 0 Å². The monoisotopic (exact) mass is 379 g/mol. The molecule has 1 aromatic carbocycles. The van der Waals surface area contributed by atoms with Gasteiger partial charge in [0, 0.05) is 18.4 Å². The summed E-state index contributed by atoms with van der Waals surface area (Å²) in [7, 11) is 2.01. The van der Waals surface area contributed by atoms with Gasteiger partial charge in [0.05, 0.1) is 20.6 Å². The zero-order valence-corrected chi connectivity index (χ0v) is 15.7. The number of carbonyl (C=O) groups excluding carboxylic acids is 1. The first-order valence-electron chi connectivity index (χ1n) is 7.22. The highest BCUT2D eigenvalue weighted by molar-refractivity contribution is 8.18. The van der Waals surface area contributed by atoms with Crippen molar-refractivity contribution in [2.24, 2.45) is 12.0 Å². The van der Waals surface area contributed by atoms with Crippen molar-refractivity contribution in [3.05, 3.63) is 56.2 Å². The third-order valence-electron chi connectivity index (χ3n) is 3.89. The molecule has 0 bridgehead atoms. The van der Waals surface area contributed by atoms with E-state index in [1.807, 2.05) is 27.0 Å². The molecule has 1 aliphatic rings. The third kappa shape index (κ3) is 3.38. The van der Waals surface area contributed by atoms with Crippen LogP contribution in [0, 0.1) is 13.8 Å². The largest absolute Gasteiger partial charge is 0.352 e. The van der Waals surface area contributed by atoms with E-state index in [4.69, 9.17) is 23.2 Å². The Labute approximate surface area is 154 Å². The first-order valence-corrected chi connectivity index (χ1v) is 8.80. The maximum absolute atomic E-state index is 12.2. The van der Waals surface area contributed by atoms with Crippen molar-refractivity contribution < 1.29 is 4.79 Å². The molecule has 0 unspecified atom stereocenters. The number of amides is 1. The molecule has 24 heavy (non-hydrogen) atoms. The molecule has 124 valence electrons. The van der Waals surface area contributed by atoms with Crippen LogP contribution < -0.4 is 5.32 Å². The number of halogens is 2. The van der Waals surface area contributed by atoms with E-state index in [9.17, 15) is 4.79 Å². The predicted molar refractivity (Wildman–Crippen MR) is 102 cm³/mol. The Hall–Kier alpha value is -1.69. The summed E-state index contributed by atoms with van der Waals surface area (Å²) in [6, 6.07) is 7.15. The number of amidine groups is 1. The molecular weight excluding hydrogens is 365 g/mol. The van der Waals surface area contributed by atoms with Crippen molar-refractivity contribution in [3.63, 3.8) is 0 Å². The smallest absolute Gasteiger partial charge is 0.264 e. The van der Waals surface area contributed by atoms with Crippen molar-refractivity contribution >= 4 is 57.8 Å². The molecule has 1 N–H and O–H groups in total. The Kier molecular flexibility index (Phi) is 4.76. The van der Waals surface area contributed by atoms with Crippen molar-refractivity contribution in [2.45, 2.75) is 13.8 Å². The molecule has 1 saturated heterocycles. The summed E-state index contributed by atoms with van der Waals surface area (Å²) in [6.45, 7) is 4.07. The number of aliphatic imine (C=N–C) groups is 1. The summed E-state index contributed by atoms with van der Waals surface area (Å²) in [6.07, 6.45) is 1.89. The Morgan fingerprint density at radius 1 is 1.21 bits per heavy atom.